The molecule has 0 saturated carbocycles. The highest BCUT2D eigenvalue weighted by molar-refractivity contribution is 6.16. The molecule has 0 aliphatic carbocycles. The van der Waals surface area contributed by atoms with Crippen molar-refractivity contribution in [1.29, 1.82) is 0 Å². The second-order valence-corrected chi connectivity index (χ2v) is 6.58. The number of primary amides is 1. The summed E-state index contributed by atoms with van der Waals surface area (Å²) in [5.41, 5.74) is 7.55. The Hall–Kier alpha value is -3.68. The van der Waals surface area contributed by atoms with Gasteiger partial charge in [0.25, 0.3) is 5.91 Å². The van der Waals surface area contributed by atoms with Gasteiger partial charge in [-0.2, -0.15) is 0 Å². The summed E-state index contributed by atoms with van der Waals surface area (Å²) in [7, 11) is 0. The molecule has 0 radical (unpaired) electrons. The molecule has 0 unspecified atom stereocenters. The molecule has 1 aliphatic rings. The number of carbonyl (C=O) groups is 4. The van der Waals surface area contributed by atoms with Crippen LogP contribution in [0, 0.1) is 6.92 Å². The van der Waals surface area contributed by atoms with Gasteiger partial charge < -0.3 is 11.1 Å². The number of nitrogens with zero attached hydrogens (tertiary/aromatic N) is 2. The summed E-state index contributed by atoms with van der Waals surface area (Å²) in [6, 6.07) is 12.0. The van der Waals surface area contributed by atoms with E-state index >= 15 is 0 Å². The quantitative estimate of drug-likeness (QED) is 0.771. The molecule has 0 aromatic heterocycles. The summed E-state index contributed by atoms with van der Waals surface area (Å²) in [5, 5.41) is 2.60. The predicted octanol–water partition coefficient (Wildman–Crippen LogP) is 1.89. The third-order valence-electron chi connectivity index (χ3n) is 4.51. The number of nitrogens with one attached hydrogen (secondary N) is 1. The Kier molecular flexibility index (Phi) is 5.12. The van der Waals surface area contributed by atoms with Crippen molar-refractivity contribution in [3.8, 4) is 0 Å². The molecule has 144 valence electrons. The third-order valence-corrected chi connectivity index (χ3v) is 4.51. The molecular formula is C20H20N4O4. The topological polar surface area (TPSA) is 113 Å². The molecule has 3 N–H and O–H groups in total. The fourth-order valence-corrected chi connectivity index (χ4v) is 2.97. The normalized spacial score (nSPS) is 16.4. The number of rotatable bonds is 5. The van der Waals surface area contributed by atoms with Crippen molar-refractivity contribution in [2.75, 3.05) is 16.8 Å². The van der Waals surface area contributed by atoms with Crippen molar-refractivity contribution in [2.24, 2.45) is 5.73 Å². The van der Waals surface area contributed by atoms with E-state index in [1.165, 1.54) is 29.2 Å². The monoisotopic (exact) mass is 380 g/mol. The van der Waals surface area contributed by atoms with Crippen molar-refractivity contribution in [1.82, 2.24) is 4.90 Å². The highest BCUT2D eigenvalue weighted by Gasteiger charge is 2.44. The van der Waals surface area contributed by atoms with Crippen LogP contribution < -0.4 is 16.0 Å². The summed E-state index contributed by atoms with van der Waals surface area (Å²) in [6.45, 7) is 3.15. The minimum atomic E-state index is -0.696. The fourth-order valence-electron chi connectivity index (χ4n) is 2.97. The van der Waals surface area contributed by atoms with E-state index in [-0.39, 0.29) is 0 Å². The highest BCUT2D eigenvalue weighted by Crippen LogP contribution is 2.26. The van der Waals surface area contributed by atoms with Crippen LogP contribution in [-0.2, 0) is 9.59 Å². The standard InChI is InChI=1S/C20H20N4O4/c1-12-3-9-16(10-4-12)24-13(2)19(27)23(20(24)28)11-17(25)22-15-7-5-14(6-8-15)18(21)26/h3-10,13H,11H2,1-2H3,(H2,21,26)(H,22,25)/t13-/m0/s1. The van der Waals surface area contributed by atoms with Gasteiger partial charge in [0.05, 0.1) is 0 Å². The van der Waals surface area contributed by atoms with E-state index in [4.69, 9.17) is 5.73 Å². The Morgan fingerprint density at radius 3 is 2.21 bits per heavy atom. The number of benzene rings is 2. The Morgan fingerprint density at radius 2 is 1.64 bits per heavy atom. The van der Waals surface area contributed by atoms with E-state index in [9.17, 15) is 19.2 Å². The molecule has 0 bridgehead atoms. The summed E-state index contributed by atoms with van der Waals surface area (Å²) in [5.74, 6) is -1.53. The lowest BCUT2D eigenvalue weighted by Crippen LogP contribution is -2.39. The van der Waals surface area contributed by atoms with Gasteiger partial charge in [-0.1, -0.05) is 17.7 Å². The van der Waals surface area contributed by atoms with Gasteiger partial charge in [0, 0.05) is 16.9 Å². The molecule has 1 aliphatic heterocycles. The van der Waals surface area contributed by atoms with E-state index in [0.29, 0.717) is 16.9 Å². The predicted molar refractivity (Wildman–Crippen MR) is 104 cm³/mol. The molecule has 28 heavy (non-hydrogen) atoms. The number of hydrogen-bond donors (Lipinski definition) is 2. The van der Waals surface area contributed by atoms with Gasteiger partial charge >= 0.3 is 6.03 Å². The first-order chi connectivity index (χ1) is 13.3. The Labute approximate surface area is 161 Å². The largest absolute Gasteiger partial charge is 0.366 e. The van der Waals surface area contributed by atoms with E-state index in [1.807, 2.05) is 19.1 Å². The van der Waals surface area contributed by atoms with Crippen LogP contribution in [0.15, 0.2) is 48.5 Å². The zero-order chi connectivity index (χ0) is 20.4. The molecule has 2 aromatic carbocycles. The molecule has 1 saturated heterocycles. The first-order valence-corrected chi connectivity index (χ1v) is 8.69. The first-order valence-electron chi connectivity index (χ1n) is 8.69. The lowest BCUT2D eigenvalue weighted by Gasteiger charge is -2.19. The van der Waals surface area contributed by atoms with Crippen molar-refractivity contribution in [2.45, 2.75) is 19.9 Å². The van der Waals surface area contributed by atoms with E-state index < -0.39 is 36.3 Å². The van der Waals surface area contributed by atoms with Crippen LogP contribution in [-0.4, -0.2) is 41.2 Å². The van der Waals surface area contributed by atoms with Gasteiger partial charge in [0.2, 0.25) is 11.8 Å². The van der Waals surface area contributed by atoms with Crippen molar-refractivity contribution in [3.05, 3.63) is 59.7 Å². The van der Waals surface area contributed by atoms with Crippen LogP contribution in [0.5, 0.6) is 0 Å². The van der Waals surface area contributed by atoms with E-state index in [1.54, 1.807) is 19.1 Å². The molecule has 3 rings (SSSR count). The van der Waals surface area contributed by atoms with Crippen LogP contribution in [0.1, 0.15) is 22.8 Å². The fraction of sp³-hybridized carbons (Fsp3) is 0.200. The van der Waals surface area contributed by atoms with Gasteiger partial charge in [-0.15, -0.1) is 0 Å². The molecule has 2 aromatic rings. The van der Waals surface area contributed by atoms with Crippen molar-refractivity contribution < 1.29 is 19.2 Å². The second-order valence-electron chi connectivity index (χ2n) is 6.58. The van der Waals surface area contributed by atoms with Gasteiger partial charge in [0.1, 0.15) is 12.6 Å². The SMILES string of the molecule is Cc1ccc(N2C(=O)N(CC(=O)Nc3ccc(C(N)=O)cc3)C(=O)[C@@H]2C)cc1. The zero-order valence-corrected chi connectivity index (χ0v) is 15.5. The van der Waals surface area contributed by atoms with Crippen LogP contribution >= 0.6 is 0 Å². The van der Waals surface area contributed by atoms with Gasteiger partial charge in [0.15, 0.2) is 0 Å². The maximum Gasteiger partial charge on any atom is 0.332 e. The van der Waals surface area contributed by atoms with Crippen LogP contribution in [0.25, 0.3) is 0 Å². The minimum absolute atomic E-state index is 0.311. The molecule has 8 nitrogen and oxygen atoms in total. The first kappa shape index (κ1) is 19.1. The summed E-state index contributed by atoms with van der Waals surface area (Å²) >= 11 is 0. The maximum atomic E-state index is 12.7. The average molecular weight is 380 g/mol. The van der Waals surface area contributed by atoms with E-state index in [0.717, 1.165) is 10.5 Å². The smallest absolute Gasteiger partial charge is 0.332 e. The van der Waals surface area contributed by atoms with Gasteiger partial charge in [-0.3, -0.25) is 24.2 Å². The molecule has 0 spiro atoms. The zero-order valence-electron chi connectivity index (χ0n) is 15.5. The summed E-state index contributed by atoms with van der Waals surface area (Å²) in [6.07, 6.45) is 0. The number of carbonyl (C=O) groups excluding carboxylic acids is 4. The van der Waals surface area contributed by atoms with Gasteiger partial charge in [-0.25, -0.2) is 4.79 Å². The van der Waals surface area contributed by atoms with Crippen LogP contribution in [0.2, 0.25) is 0 Å². The molecule has 1 fully saturated rings. The van der Waals surface area contributed by atoms with Gasteiger partial charge in [-0.05, 0) is 50.2 Å². The number of urea groups is 1. The van der Waals surface area contributed by atoms with Crippen LogP contribution in [0.3, 0.4) is 0 Å². The lowest BCUT2D eigenvalue weighted by atomic mass is 10.2. The molecule has 1 heterocycles. The second kappa shape index (κ2) is 7.51. The summed E-state index contributed by atoms with van der Waals surface area (Å²) in [4.78, 5) is 50.9. The molecular weight excluding hydrogens is 360 g/mol. The van der Waals surface area contributed by atoms with Crippen molar-refractivity contribution in [3.63, 3.8) is 0 Å². The summed E-state index contributed by atoms with van der Waals surface area (Å²) < 4.78 is 0. The number of anilines is 2. The Bertz CT molecular complexity index is 938. The number of amides is 5. The number of imide groups is 1. The molecule has 8 heteroatoms. The van der Waals surface area contributed by atoms with Crippen molar-refractivity contribution >= 4 is 35.1 Å². The molecule has 1 atom stereocenters. The lowest BCUT2D eigenvalue weighted by molar-refractivity contribution is -0.130. The third kappa shape index (κ3) is 3.71. The maximum absolute atomic E-state index is 12.7. The number of nitrogens with two attached hydrogens (primary N) is 1. The molecule has 5 amide bonds. The Morgan fingerprint density at radius 1 is 1.04 bits per heavy atom. The average Bonchev–Trinajstić information content (AvgIpc) is 2.86. The van der Waals surface area contributed by atoms with E-state index in [2.05, 4.69) is 5.32 Å². The minimum Gasteiger partial charge on any atom is -0.366 e. The number of aryl methyl sites for hydroxylation is 1. The number of hydrogen-bond acceptors (Lipinski definition) is 4. The Balaban J connectivity index is 1.70. The van der Waals surface area contributed by atoms with Crippen LogP contribution in [0.4, 0.5) is 16.2 Å². The highest BCUT2D eigenvalue weighted by atomic mass is 16.2.